The van der Waals surface area contributed by atoms with Crippen molar-refractivity contribution in [1.82, 2.24) is 9.88 Å². The molecule has 1 atom stereocenters. The van der Waals surface area contributed by atoms with Gasteiger partial charge >= 0.3 is 0 Å². The molecule has 0 bridgehead atoms. The average molecular weight is 411 g/mol. The van der Waals surface area contributed by atoms with E-state index < -0.39 is 0 Å². The Labute approximate surface area is 182 Å². The maximum absolute atomic E-state index is 13.4. The van der Waals surface area contributed by atoms with E-state index in [-0.39, 0.29) is 11.9 Å². The number of aromatic nitrogens is 1. The second-order valence-electron chi connectivity index (χ2n) is 8.03. The van der Waals surface area contributed by atoms with E-state index in [0.717, 1.165) is 64.0 Å². The molecule has 0 aliphatic carbocycles. The third kappa shape index (κ3) is 3.19. The Kier molecular flexibility index (Phi) is 4.99. The lowest BCUT2D eigenvalue weighted by Crippen LogP contribution is -2.30. The van der Waals surface area contributed by atoms with Crippen LogP contribution in [0.4, 0.5) is 0 Å². The zero-order valence-electron chi connectivity index (χ0n) is 17.9. The smallest absolute Gasteiger partial charge is 0.255 e. The zero-order valence-corrected chi connectivity index (χ0v) is 17.9. The zero-order chi connectivity index (χ0) is 21.4. The fourth-order valence-electron chi connectivity index (χ4n) is 4.69. The van der Waals surface area contributed by atoms with Gasteiger partial charge in [0, 0.05) is 34.1 Å². The van der Waals surface area contributed by atoms with Gasteiger partial charge in [-0.1, -0.05) is 61.9 Å². The third-order valence-corrected chi connectivity index (χ3v) is 6.19. The van der Waals surface area contributed by atoms with Gasteiger partial charge in [-0.3, -0.25) is 4.79 Å². The minimum Gasteiger partial charge on any atom is -0.497 e. The lowest BCUT2D eigenvalue weighted by atomic mass is 9.93. The van der Waals surface area contributed by atoms with Gasteiger partial charge in [-0.2, -0.15) is 0 Å². The number of methoxy groups -OCH3 is 1. The fraction of sp³-hybridized carbons (Fsp3) is 0.222. The molecule has 0 saturated carbocycles. The largest absolute Gasteiger partial charge is 0.497 e. The second-order valence-corrected chi connectivity index (χ2v) is 8.03. The summed E-state index contributed by atoms with van der Waals surface area (Å²) >= 11 is 0. The van der Waals surface area contributed by atoms with Crippen molar-refractivity contribution in [2.75, 3.05) is 13.7 Å². The Bertz CT molecular complexity index is 1260. The van der Waals surface area contributed by atoms with Crippen molar-refractivity contribution >= 4 is 16.8 Å². The fourth-order valence-corrected chi connectivity index (χ4v) is 4.69. The molecule has 5 rings (SSSR count). The SMILES string of the molecule is CCCCN1C(=O)c2ccccc2C1c1c(-c2cccc(OC)c2)[nH]c2ccccc12. The molecule has 0 fully saturated rings. The first kappa shape index (κ1) is 19.4. The molecular weight excluding hydrogens is 384 g/mol. The number of amides is 1. The Morgan fingerprint density at radius 3 is 2.65 bits per heavy atom. The maximum Gasteiger partial charge on any atom is 0.255 e. The standard InChI is InChI=1S/C27H26N2O2/c1-3-4-16-29-26(20-12-5-6-13-21(20)27(29)30)24-22-14-7-8-15-23(22)28-25(24)18-10-9-11-19(17-18)31-2/h5-15,17,26,28H,3-4,16H2,1-2H3. The van der Waals surface area contributed by atoms with Crippen molar-refractivity contribution < 1.29 is 9.53 Å². The first-order valence-corrected chi connectivity index (χ1v) is 10.9. The van der Waals surface area contributed by atoms with Gasteiger partial charge in [0.05, 0.1) is 18.8 Å². The average Bonchev–Trinajstić information content (AvgIpc) is 3.33. The number of carbonyl (C=O) groups excluding carboxylic acids is 1. The molecule has 1 aliphatic heterocycles. The number of carbonyl (C=O) groups is 1. The molecule has 0 spiro atoms. The number of benzene rings is 3. The number of nitrogens with zero attached hydrogens (tertiary/aromatic N) is 1. The van der Waals surface area contributed by atoms with E-state index >= 15 is 0 Å². The molecule has 1 amide bonds. The van der Waals surface area contributed by atoms with E-state index in [9.17, 15) is 4.79 Å². The predicted octanol–water partition coefficient (Wildman–Crippen LogP) is 6.19. The van der Waals surface area contributed by atoms with Gasteiger partial charge in [-0.15, -0.1) is 0 Å². The van der Waals surface area contributed by atoms with Gasteiger partial charge in [-0.05, 0) is 36.2 Å². The monoisotopic (exact) mass is 410 g/mol. The molecule has 156 valence electrons. The minimum atomic E-state index is -0.118. The molecule has 1 aromatic heterocycles. The Morgan fingerprint density at radius 1 is 1.00 bits per heavy atom. The van der Waals surface area contributed by atoms with Crippen molar-refractivity contribution in [3.8, 4) is 17.0 Å². The predicted molar refractivity (Wildman–Crippen MR) is 125 cm³/mol. The van der Waals surface area contributed by atoms with Gasteiger partial charge in [0.15, 0.2) is 0 Å². The molecule has 1 aliphatic rings. The van der Waals surface area contributed by atoms with Crippen LogP contribution in [0.25, 0.3) is 22.2 Å². The van der Waals surface area contributed by atoms with Gasteiger partial charge in [0.1, 0.15) is 5.75 Å². The van der Waals surface area contributed by atoms with Crippen LogP contribution in [0.3, 0.4) is 0 Å². The van der Waals surface area contributed by atoms with E-state index in [0.29, 0.717) is 0 Å². The van der Waals surface area contributed by atoms with E-state index in [1.807, 2.05) is 47.4 Å². The van der Waals surface area contributed by atoms with Crippen molar-refractivity contribution in [2.24, 2.45) is 0 Å². The highest BCUT2D eigenvalue weighted by atomic mass is 16.5. The summed E-state index contributed by atoms with van der Waals surface area (Å²) in [5.41, 5.74) is 6.21. The highest BCUT2D eigenvalue weighted by Crippen LogP contribution is 2.45. The number of hydrogen-bond acceptors (Lipinski definition) is 2. The number of fused-ring (bicyclic) bond motifs is 2. The van der Waals surface area contributed by atoms with Crippen molar-refractivity contribution in [2.45, 2.75) is 25.8 Å². The Hall–Kier alpha value is -3.53. The van der Waals surface area contributed by atoms with Crippen LogP contribution in [0.2, 0.25) is 0 Å². The summed E-state index contributed by atoms with van der Waals surface area (Å²) in [5, 5.41) is 1.15. The number of aromatic amines is 1. The van der Waals surface area contributed by atoms with Crippen LogP contribution in [0.15, 0.2) is 72.8 Å². The molecule has 1 N–H and O–H groups in total. The van der Waals surface area contributed by atoms with Gasteiger partial charge < -0.3 is 14.6 Å². The lowest BCUT2D eigenvalue weighted by Gasteiger charge is -2.26. The van der Waals surface area contributed by atoms with Crippen LogP contribution in [-0.4, -0.2) is 29.4 Å². The third-order valence-electron chi connectivity index (χ3n) is 6.19. The number of nitrogens with one attached hydrogen (secondary N) is 1. The van der Waals surface area contributed by atoms with Crippen LogP contribution in [0.1, 0.15) is 47.3 Å². The first-order chi connectivity index (χ1) is 15.2. The number of ether oxygens (including phenoxy) is 1. The van der Waals surface area contributed by atoms with Crippen LogP contribution >= 0.6 is 0 Å². The molecule has 1 unspecified atom stereocenters. The summed E-state index contributed by atoms with van der Waals surface area (Å²) in [6, 6.07) is 24.4. The lowest BCUT2D eigenvalue weighted by molar-refractivity contribution is 0.0748. The van der Waals surface area contributed by atoms with Crippen LogP contribution in [0, 0.1) is 0 Å². The van der Waals surface area contributed by atoms with Crippen LogP contribution < -0.4 is 4.74 Å². The van der Waals surface area contributed by atoms with Crippen molar-refractivity contribution in [1.29, 1.82) is 0 Å². The number of H-pyrrole nitrogens is 1. The van der Waals surface area contributed by atoms with E-state index in [2.05, 4.69) is 42.2 Å². The number of hydrogen-bond donors (Lipinski definition) is 1. The molecule has 4 nitrogen and oxygen atoms in total. The van der Waals surface area contributed by atoms with Crippen LogP contribution in [0.5, 0.6) is 5.75 Å². The Balaban J connectivity index is 1.77. The topological polar surface area (TPSA) is 45.3 Å². The number of rotatable bonds is 6. The van der Waals surface area contributed by atoms with E-state index in [4.69, 9.17) is 4.74 Å². The summed E-state index contributed by atoms with van der Waals surface area (Å²) in [4.78, 5) is 19.1. The van der Waals surface area contributed by atoms with Gasteiger partial charge in [-0.25, -0.2) is 0 Å². The van der Waals surface area contributed by atoms with Crippen molar-refractivity contribution in [3.05, 3.63) is 89.5 Å². The van der Waals surface area contributed by atoms with E-state index in [1.165, 1.54) is 0 Å². The molecule has 3 aromatic carbocycles. The van der Waals surface area contributed by atoms with E-state index in [1.54, 1.807) is 7.11 Å². The summed E-state index contributed by atoms with van der Waals surface area (Å²) in [5.74, 6) is 0.934. The molecule has 4 heteroatoms. The molecule has 2 heterocycles. The Morgan fingerprint density at radius 2 is 1.81 bits per heavy atom. The van der Waals surface area contributed by atoms with Gasteiger partial charge in [0.2, 0.25) is 0 Å². The molecule has 0 saturated heterocycles. The molecule has 4 aromatic rings. The van der Waals surface area contributed by atoms with Crippen molar-refractivity contribution in [3.63, 3.8) is 0 Å². The summed E-state index contributed by atoms with van der Waals surface area (Å²) in [6.45, 7) is 2.90. The molecule has 0 radical (unpaired) electrons. The molecular formula is C27H26N2O2. The normalized spacial score (nSPS) is 15.5. The minimum absolute atomic E-state index is 0.118. The quantitative estimate of drug-likeness (QED) is 0.412. The number of para-hydroxylation sites is 1. The highest BCUT2D eigenvalue weighted by molar-refractivity contribution is 6.02. The molecule has 31 heavy (non-hydrogen) atoms. The van der Waals surface area contributed by atoms with Gasteiger partial charge in [0.25, 0.3) is 5.91 Å². The first-order valence-electron chi connectivity index (χ1n) is 10.9. The maximum atomic E-state index is 13.4. The summed E-state index contributed by atoms with van der Waals surface area (Å²) in [7, 11) is 1.68. The van der Waals surface area contributed by atoms with Crippen LogP contribution in [-0.2, 0) is 0 Å². The highest BCUT2D eigenvalue weighted by Gasteiger charge is 2.39. The summed E-state index contributed by atoms with van der Waals surface area (Å²) < 4.78 is 5.48. The number of unbranched alkanes of at least 4 members (excludes halogenated alkanes) is 1. The second kappa shape index (κ2) is 7.95. The summed E-state index contributed by atoms with van der Waals surface area (Å²) in [6.07, 6.45) is 2.02.